The van der Waals surface area contributed by atoms with Gasteiger partial charge in [0, 0.05) is 12.8 Å². The van der Waals surface area contributed by atoms with Crippen LogP contribution in [0, 0.1) is 0 Å². The van der Waals surface area contributed by atoms with Gasteiger partial charge in [-0.1, -0.05) is 164 Å². The van der Waals surface area contributed by atoms with E-state index >= 15 is 0 Å². The van der Waals surface area contributed by atoms with E-state index in [-0.39, 0.29) is 32.0 Å². The molecule has 0 aliphatic heterocycles. The zero-order valence-corrected chi connectivity index (χ0v) is 36.9. The van der Waals surface area contributed by atoms with Gasteiger partial charge in [0.05, 0.1) is 13.2 Å². The van der Waals surface area contributed by atoms with Crippen LogP contribution in [-0.2, 0) is 32.7 Å². The van der Waals surface area contributed by atoms with Crippen molar-refractivity contribution in [3.8, 4) is 0 Å². The Kier molecular flexibility index (Phi) is 40.7. The second-order valence-corrected chi connectivity index (χ2v) is 16.1. The van der Waals surface area contributed by atoms with Crippen molar-refractivity contribution in [2.45, 2.75) is 207 Å². The summed E-state index contributed by atoms with van der Waals surface area (Å²) in [7, 11) is -4.29. The van der Waals surface area contributed by atoms with Crippen LogP contribution >= 0.6 is 7.82 Å². The number of hydrogen-bond donors (Lipinski definition) is 1. The van der Waals surface area contributed by atoms with Crippen LogP contribution in [0.5, 0.6) is 0 Å². The second-order valence-electron chi connectivity index (χ2n) is 14.7. The molecule has 0 saturated carbocycles. The van der Waals surface area contributed by atoms with Gasteiger partial charge in [0.15, 0.2) is 6.10 Å². The van der Waals surface area contributed by atoms with Gasteiger partial charge in [-0.05, 0) is 84.0 Å². The molecule has 56 heavy (non-hydrogen) atoms. The summed E-state index contributed by atoms with van der Waals surface area (Å²) in [6.07, 6.45) is 51.3. The number of carbonyl (C=O) groups is 2. The first-order valence-corrected chi connectivity index (χ1v) is 24.1. The van der Waals surface area contributed by atoms with E-state index in [2.05, 4.69) is 74.6 Å². The molecule has 2 unspecified atom stereocenters. The van der Waals surface area contributed by atoms with Crippen LogP contribution < -0.4 is 0 Å². The topological polar surface area (TPSA) is 108 Å². The van der Waals surface area contributed by atoms with E-state index in [1.807, 2.05) is 0 Å². The van der Waals surface area contributed by atoms with E-state index in [1.165, 1.54) is 83.5 Å². The summed E-state index contributed by atoms with van der Waals surface area (Å²) in [5, 5.41) is 0. The van der Waals surface area contributed by atoms with Crippen molar-refractivity contribution in [1.29, 1.82) is 0 Å². The van der Waals surface area contributed by atoms with Gasteiger partial charge in [0.1, 0.15) is 6.61 Å². The molecule has 0 amide bonds. The van der Waals surface area contributed by atoms with Gasteiger partial charge in [0.2, 0.25) is 0 Å². The van der Waals surface area contributed by atoms with E-state index in [0.717, 1.165) is 77.0 Å². The number of ether oxygens (including phenoxy) is 2. The number of carbonyl (C=O) groups excluding carboxylic acids is 2. The Morgan fingerprint density at radius 3 is 1.38 bits per heavy atom. The third-order valence-corrected chi connectivity index (χ3v) is 10.4. The van der Waals surface area contributed by atoms with E-state index in [4.69, 9.17) is 18.5 Å². The zero-order chi connectivity index (χ0) is 41.1. The molecule has 0 saturated heterocycles. The molecule has 1 N–H and O–H groups in total. The lowest BCUT2D eigenvalue weighted by Gasteiger charge is -2.19. The molecule has 0 rings (SSSR count). The number of esters is 2. The maximum absolute atomic E-state index is 12.6. The largest absolute Gasteiger partial charge is 0.472 e. The van der Waals surface area contributed by atoms with Crippen molar-refractivity contribution in [2.24, 2.45) is 0 Å². The predicted octanol–water partition coefficient (Wildman–Crippen LogP) is 14.3. The molecule has 8 nitrogen and oxygen atoms in total. The van der Waals surface area contributed by atoms with Gasteiger partial charge in [-0.3, -0.25) is 18.6 Å². The first-order valence-electron chi connectivity index (χ1n) is 22.6. The summed E-state index contributed by atoms with van der Waals surface area (Å²) >= 11 is 0. The molecule has 0 heterocycles. The maximum atomic E-state index is 12.6. The smallest absolute Gasteiger partial charge is 0.462 e. The molecular weight excluding hydrogens is 723 g/mol. The SMILES string of the molecule is CC/C=C\C/C=C\C/C=C\CCCCCCCC(=O)OC(COC(=O)CCCCCCCCCCC/C=C\C/C=C\CCCCCCC)COP(=O)(O)OCC. The van der Waals surface area contributed by atoms with Gasteiger partial charge in [-0.25, -0.2) is 4.57 Å². The predicted molar refractivity (Wildman–Crippen MR) is 235 cm³/mol. The van der Waals surface area contributed by atoms with Gasteiger partial charge >= 0.3 is 19.8 Å². The molecule has 0 radical (unpaired) electrons. The Labute approximate surface area is 343 Å². The Hall–Kier alpha value is -2.25. The minimum absolute atomic E-state index is 0.00626. The number of allylic oxidation sites excluding steroid dienone is 10. The molecule has 9 heteroatoms. The van der Waals surface area contributed by atoms with Crippen molar-refractivity contribution < 1.29 is 37.6 Å². The highest BCUT2D eigenvalue weighted by Crippen LogP contribution is 2.43. The van der Waals surface area contributed by atoms with E-state index < -0.39 is 26.5 Å². The third kappa shape index (κ3) is 41.4. The molecule has 0 aromatic carbocycles. The van der Waals surface area contributed by atoms with Crippen molar-refractivity contribution in [3.05, 3.63) is 60.8 Å². The molecule has 0 spiro atoms. The van der Waals surface area contributed by atoms with Crippen molar-refractivity contribution in [1.82, 2.24) is 0 Å². The minimum Gasteiger partial charge on any atom is -0.462 e. The van der Waals surface area contributed by atoms with Crippen LogP contribution in [-0.4, -0.2) is 42.8 Å². The number of phosphoric ester groups is 1. The monoisotopic (exact) mass is 807 g/mol. The standard InChI is InChI=1S/C47H83O8P/c1-4-7-9-11-13-15-17-19-21-22-23-24-25-26-28-29-31-33-35-37-39-41-46(48)52-43-45(44-54-56(50,51)53-6-3)55-47(49)42-40-38-36-34-32-30-27-20-18-16-14-12-10-8-5-2/h8,10,14,16-17,19-20,22-23,27,45H,4-7,9,11-13,15,18,21,24-26,28-44H2,1-3H3,(H,50,51)/b10-8-,16-14-,19-17-,23-22-,27-20-. The second kappa shape index (κ2) is 42.4. The first-order chi connectivity index (χ1) is 27.3. The van der Waals surface area contributed by atoms with Crippen molar-refractivity contribution >= 4 is 19.8 Å². The van der Waals surface area contributed by atoms with E-state index in [9.17, 15) is 19.0 Å². The lowest BCUT2D eigenvalue weighted by Crippen LogP contribution is -2.29. The Balaban J connectivity index is 4.06. The van der Waals surface area contributed by atoms with Gasteiger partial charge in [0.25, 0.3) is 0 Å². The quantitative estimate of drug-likeness (QED) is 0.0282. The highest BCUT2D eigenvalue weighted by Gasteiger charge is 2.25. The molecule has 0 aliphatic rings. The van der Waals surface area contributed by atoms with Crippen LogP contribution in [0.4, 0.5) is 0 Å². The Bertz CT molecular complexity index is 1100. The van der Waals surface area contributed by atoms with Crippen LogP contribution in [0.1, 0.15) is 201 Å². The fourth-order valence-corrected chi connectivity index (χ4v) is 6.78. The number of unbranched alkanes of at least 4 members (excludes halogenated alkanes) is 19. The zero-order valence-electron chi connectivity index (χ0n) is 36.0. The molecule has 0 fully saturated rings. The Morgan fingerprint density at radius 2 is 0.911 bits per heavy atom. The summed E-state index contributed by atoms with van der Waals surface area (Å²) in [6, 6.07) is 0. The lowest BCUT2D eigenvalue weighted by molar-refractivity contribution is -0.161. The highest BCUT2D eigenvalue weighted by molar-refractivity contribution is 7.47. The summed E-state index contributed by atoms with van der Waals surface area (Å²) in [6.45, 7) is 5.33. The average Bonchev–Trinajstić information content (AvgIpc) is 3.18. The lowest BCUT2D eigenvalue weighted by atomic mass is 10.1. The van der Waals surface area contributed by atoms with Gasteiger partial charge in [-0.2, -0.15) is 0 Å². The van der Waals surface area contributed by atoms with Crippen molar-refractivity contribution in [3.63, 3.8) is 0 Å². The average molecular weight is 807 g/mol. The number of hydrogen-bond acceptors (Lipinski definition) is 7. The van der Waals surface area contributed by atoms with Crippen molar-refractivity contribution in [2.75, 3.05) is 19.8 Å². The molecular formula is C47H83O8P. The van der Waals surface area contributed by atoms with Gasteiger partial charge in [-0.15, -0.1) is 0 Å². The van der Waals surface area contributed by atoms with E-state index in [0.29, 0.717) is 6.42 Å². The number of phosphoric acid groups is 1. The van der Waals surface area contributed by atoms with Crippen LogP contribution in [0.2, 0.25) is 0 Å². The molecule has 0 aromatic rings. The molecule has 0 aliphatic carbocycles. The summed E-state index contributed by atoms with van der Waals surface area (Å²) < 4.78 is 32.7. The Morgan fingerprint density at radius 1 is 0.500 bits per heavy atom. The maximum Gasteiger partial charge on any atom is 0.472 e. The third-order valence-electron chi connectivity index (χ3n) is 9.31. The van der Waals surface area contributed by atoms with E-state index in [1.54, 1.807) is 6.92 Å². The molecule has 0 bridgehead atoms. The first kappa shape index (κ1) is 53.8. The number of rotatable bonds is 41. The molecule has 2 atom stereocenters. The normalized spacial score (nSPS) is 13.9. The van der Waals surface area contributed by atoms with Crippen LogP contribution in [0.3, 0.4) is 0 Å². The summed E-state index contributed by atoms with van der Waals surface area (Å²) in [5.41, 5.74) is 0. The van der Waals surface area contributed by atoms with Crippen LogP contribution in [0.15, 0.2) is 60.8 Å². The molecule has 0 aromatic heterocycles. The minimum atomic E-state index is -4.29. The fraction of sp³-hybridized carbons (Fsp3) is 0.745. The summed E-state index contributed by atoms with van der Waals surface area (Å²) in [4.78, 5) is 34.8. The summed E-state index contributed by atoms with van der Waals surface area (Å²) in [5.74, 6) is -0.823. The fourth-order valence-electron chi connectivity index (χ4n) is 6.03. The highest BCUT2D eigenvalue weighted by atomic mass is 31.2. The van der Waals surface area contributed by atoms with Crippen LogP contribution in [0.25, 0.3) is 0 Å². The van der Waals surface area contributed by atoms with Gasteiger partial charge < -0.3 is 14.4 Å². The molecule has 324 valence electrons.